The Morgan fingerprint density at radius 1 is 1.03 bits per heavy atom. The van der Waals surface area contributed by atoms with Gasteiger partial charge in [0, 0.05) is 54.7 Å². The monoisotopic (exact) mass is 508 g/mol. The Balaban J connectivity index is 1.53. The van der Waals surface area contributed by atoms with Crippen molar-refractivity contribution >= 4 is 34.5 Å². The van der Waals surface area contributed by atoms with Crippen molar-refractivity contribution < 1.29 is 14.3 Å². The fourth-order valence-electron chi connectivity index (χ4n) is 4.23. The number of fused-ring (bicyclic) bond motifs is 1. The second-order valence-electron chi connectivity index (χ2n) is 9.78. The summed E-state index contributed by atoms with van der Waals surface area (Å²) < 4.78 is 5.20. The van der Waals surface area contributed by atoms with Gasteiger partial charge in [-0.25, -0.2) is 9.78 Å². The van der Waals surface area contributed by atoms with Gasteiger partial charge >= 0.3 is 6.09 Å². The van der Waals surface area contributed by atoms with Gasteiger partial charge in [-0.2, -0.15) is 0 Å². The van der Waals surface area contributed by atoms with Crippen LogP contribution < -0.4 is 5.73 Å². The molecule has 0 unspecified atom stereocenters. The van der Waals surface area contributed by atoms with Gasteiger partial charge in [-0.1, -0.05) is 62.7 Å². The molecule has 1 aliphatic rings. The first-order valence-electron chi connectivity index (χ1n) is 12.4. The van der Waals surface area contributed by atoms with E-state index in [1.807, 2.05) is 31.2 Å². The molecule has 36 heavy (non-hydrogen) atoms. The first-order valence-corrected chi connectivity index (χ1v) is 12.7. The number of pyridine rings is 1. The first kappa shape index (κ1) is 25.9. The SMILES string of the molecule is CCCOC(=O)N1CCN(C(=O)c2ccc3c(Cl)cc(-c4ccc(C(C)(C)CN)cc4)nc3c2)CC1. The Morgan fingerprint density at radius 2 is 1.69 bits per heavy atom. The summed E-state index contributed by atoms with van der Waals surface area (Å²) >= 11 is 6.60. The maximum atomic E-state index is 13.2. The molecule has 1 aliphatic heterocycles. The molecule has 1 saturated heterocycles. The molecular formula is C28H33ClN4O3. The van der Waals surface area contributed by atoms with E-state index in [9.17, 15) is 9.59 Å². The van der Waals surface area contributed by atoms with E-state index in [1.165, 1.54) is 0 Å². The van der Waals surface area contributed by atoms with Gasteiger partial charge in [-0.05, 0) is 30.2 Å². The molecule has 4 rings (SSSR count). The molecule has 0 aliphatic carbocycles. The molecule has 2 aromatic carbocycles. The van der Waals surface area contributed by atoms with Gasteiger partial charge in [-0.3, -0.25) is 4.79 Å². The van der Waals surface area contributed by atoms with Crippen molar-refractivity contribution in [2.24, 2.45) is 5.73 Å². The number of hydrogen-bond donors (Lipinski definition) is 1. The summed E-state index contributed by atoms with van der Waals surface area (Å²) in [6.45, 7) is 8.96. The predicted octanol–water partition coefficient (Wildman–Crippen LogP) is 5.10. The first-order chi connectivity index (χ1) is 17.2. The molecule has 0 bridgehead atoms. The van der Waals surface area contributed by atoms with Crippen molar-refractivity contribution in [2.45, 2.75) is 32.6 Å². The lowest BCUT2D eigenvalue weighted by molar-refractivity contribution is 0.0560. The average Bonchev–Trinajstić information content (AvgIpc) is 2.91. The molecule has 8 heteroatoms. The number of carbonyl (C=O) groups excluding carboxylic acids is 2. The second kappa shape index (κ2) is 10.8. The van der Waals surface area contributed by atoms with Gasteiger partial charge in [0.1, 0.15) is 0 Å². The zero-order valence-electron chi connectivity index (χ0n) is 21.1. The van der Waals surface area contributed by atoms with Crippen LogP contribution in [-0.4, -0.2) is 66.1 Å². The predicted molar refractivity (Wildman–Crippen MR) is 143 cm³/mol. The summed E-state index contributed by atoms with van der Waals surface area (Å²) in [5, 5.41) is 1.38. The number of rotatable bonds is 6. The minimum Gasteiger partial charge on any atom is -0.449 e. The summed E-state index contributed by atoms with van der Waals surface area (Å²) in [4.78, 5) is 33.5. The summed E-state index contributed by atoms with van der Waals surface area (Å²) in [6, 6.07) is 15.5. The summed E-state index contributed by atoms with van der Waals surface area (Å²) in [6.07, 6.45) is 0.463. The lowest BCUT2D eigenvalue weighted by Gasteiger charge is -2.34. The number of nitrogens with two attached hydrogens (primary N) is 1. The number of benzene rings is 2. The smallest absolute Gasteiger partial charge is 0.409 e. The second-order valence-corrected chi connectivity index (χ2v) is 10.2. The van der Waals surface area contributed by atoms with Crippen LogP contribution in [0.4, 0.5) is 4.79 Å². The van der Waals surface area contributed by atoms with E-state index in [0.717, 1.165) is 28.6 Å². The third-order valence-electron chi connectivity index (χ3n) is 6.73. The third kappa shape index (κ3) is 5.47. The zero-order chi connectivity index (χ0) is 25.9. The Morgan fingerprint density at radius 3 is 2.33 bits per heavy atom. The summed E-state index contributed by atoms with van der Waals surface area (Å²) in [7, 11) is 0. The molecule has 1 aromatic heterocycles. The van der Waals surface area contributed by atoms with Gasteiger partial charge in [0.05, 0.1) is 22.8 Å². The van der Waals surface area contributed by atoms with E-state index in [0.29, 0.717) is 55.4 Å². The number of amides is 2. The van der Waals surface area contributed by atoms with Crippen LogP contribution in [0.3, 0.4) is 0 Å². The van der Waals surface area contributed by atoms with Gasteiger partial charge < -0.3 is 20.3 Å². The number of halogens is 1. The molecule has 0 atom stereocenters. The molecule has 1 fully saturated rings. The van der Waals surface area contributed by atoms with Gasteiger partial charge in [0.25, 0.3) is 5.91 Å². The number of carbonyl (C=O) groups is 2. The molecule has 0 radical (unpaired) electrons. The molecule has 190 valence electrons. The van der Waals surface area contributed by atoms with Crippen LogP contribution in [0.15, 0.2) is 48.5 Å². The molecule has 0 spiro atoms. The van der Waals surface area contributed by atoms with Crippen LogP contribution >= 0.6 is 11.6 Å². The summed E-state index contributed by atoms with van der Waals surface area (Å²) in [5.74, 6) is -0.0878. The normalized spacial score (nSPS) is 14.2. The number of ether oxygens (including phenoxy) is 1. The van der Waals surface area contributed by atoms with Crippen molar-refractivity contribution in [3.63, 3.8) is 0 Å². The maximum absolute atomic E-state index is 13.2. The number of aromatic nitrogens is 1. The highest BCUT2D eigenvalue weighted by atomic mass is 35.5. The molecule has 2 amide bonds. The minimum absolute atomic E-state index is 0.0878. The topological polar surface area (TPSA) is 88.8 Å². The fourth-order valence-corrected chi connectivity index (χ4v) is 4.50. The van der Waals surface area contributed by atoms with Crippen molar-refractivity contribution in [1.29, 1.82) is 0 Å². The highest BCUT2D eigenvalue weighted by Gasteiger charge is 2.26. The number of hydrogen-bond acceptors (Lipinski definition) is 5. The molecule has 7 nitrogen and oxygen atoms in total. The third-order valence-corrected chi connectivity index (χ3v) is 7.05. The van der Waals surface area contributed by atoms with Crippen LogP contribution in [-0.2, 0) is 10.2 Å². The van der Waals surface area contributed by atoms with Crippen LogP contribution in [0.25, 0.3) is 22.2 Å². The van der Waals surface area contributed by atoms with Crippen LogP contribution in [0.2, 0.25) is 5.02 Å². The molecule has 0 saturated carbocycles. The minimum atomic E-state index is -0.319. The maximum Gasteiger partial charge on any atom is 0.409 e. The van der Waals surface area contributed by atoms with Crippen LogP contribution in [0, 0.1) is 0 Å². The van der Waals surface area contributed by atoms with E-state index in [2.05, 4.69) is 26.0 Å². The standard InChI is InChI=1S/C28H33ClN4O3/c1-4-15-36-27(35)33-13-11-32(12-14-33)26(34)20-7-10-22-23(29)17-24(31-25(22)16-20)19-5-8-21(9-6-19)28(2,3)18-30/h5-10,16-17H,4,11-15,18,30H2,1-3H3. The van der Waals surface area contributed by atoms with Crippen molar-refractivity contribution in [1.82, 2.24) is 14.8 Å². The molecular weight excluding hydrogens is 476 g/mol. The van der Waals surface area contributed by atoms with E-state index in [1.54, 1.807) is 21.9 Å². The summed E-state index contributed by atoms with van der Waals surface area (Å²) in [5.41, 5.74) is 9.86. The Kier molecular flexibility index (Phi) is 7.81. The Hall–Kier alpha value is -3.16. The van der Waals surface area contributed by atoms with E-state index in [-0.39, 0.29) is 17.4 Å². The van der Waals surface area contributed by atoms with Gasteiger partial charge in [-0.15, -0.1) is 0 Å². The highest BCUT2D eigenvalue weighted by molar-refractivity contribution is 6.35. The highest BCUT2D eigenvalue weighted by Crippen LogP contribution is 2.30. The van der Waals surface area contributed by atoms with Gasteiger partial charge in [0.2, 0.25) is 0 Å². The quantitative estimate of drug-likeness (QED) is 0.500. The Bertz CT molecular complexity index is 1250. The fraction of sp³-hybridized carbons (Fsp3) is 0.393. The molecule has 2 N–H and O–H groups in total. The molecule has 2 heterocycles. The largest absolute Gasteiger partial charge is 0.449 e. The molecule has 3 aromatic rings. The lowest BCUT2D eigenvalue weighted by atomic mass is 9.84. The van der Waals surface area contributed by atoms with E-state index < -0.39 is 0 Å². The van der Waals surface area contributed by atoms with Crippen LogP contribution in [0.5, 0.6) is 0 Å². The van der Waals surface area contributed by atoms with E-state index >= 15 is 0 Å². The number of nitrogens with zero attached hydrogens (tertiary/aromatic N) is 3. The average molecular weight is 509 g/mol. The Labute approximate surface area is 217 Å². The zero-order valence-corrected chi connectivity index (χ0v) is 21.8. The number of piperazine rings is 1. The van der Waals surface area contributed by atoms with Gasteiger partial charge in [0.15, 0.2) is 0 Å². The van der Waals surface area contributed by atoms with Crippen molar-refractivity contribution in [2.75, 3.05) is 39.3 Å². The van der Waals surface area contributed by atoms with Crippen molar-refractivity contribution in [3.8, 4) is 11.3 Å². The van der Waals surface area contributed by atoms with Crippen LogP contribution in [0.1, 0.15) is 43.1 Å². The lowest BCUT2D eigenvalue weighted by Crippen LogP contribution is -2.50. The van der Waals surface area contributed by atoms with E-state index in [4.69, 9.17) is 27.1 Å². The van der Waals surface area contributed by atoms with Crippen molar-refractivity contribution in [3.05, 3.63) is 64.7 Å².